The second-order valence-electron chi connectivity index (χ2n) is 3.79. The van der Waals surface area contributed by atoms with Crippen molar-refractivity contribution in [2.75, 3.05) is 12.0 Å². The molecule has 3 N–H and O–H groups in total. The lowest BCUT2D eigenvalue weighted by atomic mass is 10.2. The molecule has 1 amide bonds. The first-order chi connectivity index (χ1) is 8.11. The third-order valence-electron chi connectivity index (χ3n) is 1.93. The highest BCUT2D eigenvalue weighted by molar-refractivity contribution is 7.90. The molecule has 0 fully saturated rings. The van der Waals surface area contributed by atoms with Crippen molar-refractivity contribution in [3.05, 3.63) is 0 Å². The molecule has 8 nitrogen and oxygen atoms in total. The molecular weight excluding hydrogens is 266 g/mol. The predicted molar refractivity (Wildman–Crippen MR) is 60.8 cm³/mol. The molecule has 0 aromatic heterocycles. The Hall–Kier alpha value is -1.64. The largest absolute Gasteiger partial charge is 0.481 e. The Bertz CT molecular complexity index is 428. The van der Waals surface area contributed by atoms with E-state index in [0.29, 0.717) is 0 Å². The highest BCUT2D eigenvalue weighted by Crippen LogP contribution is 1.98. The summed E-state index contributed by atoms with van der Waals surface area (Å²) in [7, 11) is -3.17. The molecule has 18 heavy (non-hydrogen) atoms. The van der Waals surface area contributed by atoms with Crippen molar-refractivity contribution in [3.8, 4) is 0 Å². The van der Waals surface area contributed by atoms with Crippen LogP contribution in [0.15, 0.2) is 0 Å². The Kier molecular flexibility index (Phi) is 6.31. The van der Waals surface area contributed by atoms with Crippen molar-refractivity contribution < 1.29 is 33.0 Å². The molecule has 0 heterocycles. The summed E-state index contributed by atoms with van der Waals surface area (Å²) < 4.78 is 21.6. The number of carboxylic acid groups (broad SMARTS) is 2. The molecule has 1 atom stereocenters. The number of sulfone groups is 1. The molecular formula is C9H15NO7S. The summed E-state index contributed by atoms with van der Waals surface area (Å²) in [5.74, 6) is -3.67. The zero-order chi connectivity index (χ0) is 14.3. The fourth-order valence-electron chi connectivity index (χ4n) is 1.14. The number of carboxylic acids is 2. The number of carbonyl (C=O) groups excluding carboxylic acids is 1. The fourth-order valence-corrected chi connectivity index (χ4v) is 1.80. The first kappa shape index (κ1) is 16.4. The van der Waals surface area contributed by atoms with Gasteiger partial charge in [-0.1, -0.05) is 0 Å². The van der Waals surface area contributed by atoms with E-state index in [1.165, 1.54) is 0 Å². The highest BCUT2D eigenvalue weighted by atomic mass is 32.2. The molecule has 0 aliphatic carbocycles. The van der Waals surface area contributed by atoms with Crippen molar-refractivity contribution in [3.63, 3.8) is 0 Å². The third-order valence-corrected chi connectivity index (χ3v) is 2.96. The fraction of sp³-hybridized carbons (Fsp3) is 0.667. The summed E-state index contributed by atoms with van der Waals surface area (Å²) in [4.78, 5) is 32.2. The number of rotatable bonds is 8. The Morgan fingerprint density at radius 1 is 1.22 bits per heavy atom. The van der Waals surface area contributed by atoms with E-state index in [0.717, 1.165) is 6.26 Å². The molecule has 0 bridgehead atoms. The van der Waals surface area contributed by atoms with Crippen LogP contribution in [0.25, 0.3) is 0 Å². The summed E-state index contributed by atoms with van der Waals surface area (Å²) in [5.41, 5.74) is 0. The number of hydrogen-bond donors (Lipinski definition) is 3. The van der Waals surface area contributed by atoms with Gasteiger partial charge in [-0.15, -0.1) is 0 Å². The standard InChI is InChI=1S/C9H15NO7S/c1-18(16,17)4-2-3-7(11)10-6(9(14)15)5-8(12)13/h6H,2-5H2,1H3,(H,10,11)(H,12,13)(H,14,15). The zero-order valence-electron chi connectivity index (χ0n) is 9.75. The number of amides is 1. The third kappa shape index (κ3) is 8.50. The van der Waals surface area contributed by atoms with Crippen molar-refractivity contribution in [1.29, 1.82) is 0 Å². The van der Waals surface area contributed by atoms with Crippen LogP contribution < -0.4 is 5.32 Å². The molecule has 0 saturated carbocycles. The Morgan fingerprint density at radius 2 is 1.78 bits per heavy atom. The second-order valence-corrected chi connectivity index (χ2v) is 6.05. The average Bonchev–Trinajstić information content (AvgIpc) is 2.13. The van der Waals surface area contributed by atoms with Crippen LogP contribution in [0, 0.1) is 0 Å². The molecule has 0 radical (unpaired) electrons. The molecule has 104 valence electrons. The second kappa shape index (κ2) is 6.94. The first-order valence-corrected chi connectivity index (χ1v) is 7.09. The minimum Gasteiger partial charge on any atom is -0.481 e. The van der Waals surface area contributed by atoms with Crippen LogP contribution in [0.1, 0.15) is 19.3 Å². The Morgan fingerprint density at radius 3 is 2.17 bits per heavy atom. The first-order valence-electron chi connectivity index (χ1n) is 5.03. The van der Waals surface area contributed by atoms with Crippen molar-refractivity contribution in [1.82, 2.24) is 5.32 Å². The van der Waals surface area contributed by atoms with Crippen LogP contribution in [0.2, 0.25) is 0 Å². The summed E-state index contributed by atoms with van der Waals surface area (Å²) in [5, 5.41) is 19.1. The van der Waals surface area contributed by atoms with Crippen LogP contribution in [-0.4, -0.2) is 54.5 Å². The Labute approximate surface area is 104 Å². The molecule has 0 spiro atoms. The van der Waals surface area contributed by atoms with Gasteiger partial charge < -0.3 is 15.5 Å². The van der Waals surface area contributed by atoms with E-state index in [2.05, 4.69) is 0 Å². The van der Waals surface area contributed by atoms with Gasteiger partial charge in [0, 0.05) is 12.7 Å². The van der Waals surface area contributed by atoms with Crippen LogP contribution in [0.5, 0.6) is 0 Å². The van der Waals surface area contributed by atoms with Gasteiger partial charge in [0.15, 0.2) is 0 Å². The van der Waals surface area contributed by atoms with E-state index in [4.69, 9.17) is 10.2 Å². The molecule has 1 unspecified atom stereocenters. The summed E-state index contributed by atoms with van der Waals surface area (Å²) in [6.07, 6.45) is 0.184. The number of carbonyl (C=O) groups is 3. The van der Waals surface area contributed by atoms with Crippen molar-refractivity contribution in [2.45, 2.75) is 25.3 Å². The number of aliphatic carboxylic acids is 2. The van der Waals surface area contributed by atoms with Crippen molar-refractivity contribution >= 4 is 27.7 Å². The Balaban J connectivity index is 4.19. The smallest absolute Gasteiger partial charge is 0.326 e. The molecule has 0 aliphatic heterocycles. The molecule has 0 rings (SSSR count). The maximum atomic E-state index is 11.3. The lowest BCUT2D eigenvalue weighted by Gasteiger charge is -2.11. The molecule has 0 aliphatic rings. The maximum Gasteiger partial charge on any atom is 0.326 e. The normalized spacial score (nSPS) is 12.7. The zero-order valence-corrected chi connectivity index (χ0v) is 10.6. The van der Waals surface area contributed by atoms with E-state index in [-0.39, 0.29) is 18.6 Å². The summed E-state index contributed by atoms with van der Waals surface area (Å²) in [6.45, 7) is 0. The molecule has 0 aromatic carbocycles. The lowest BCUT2D eigenvalue weighted by molar-refractivity contribution is -0.147. The van der Waals surface area contributed by atoms with Crippen LogP contribution in [0.4, 0.5) is 0 Å². The van der Waals surface area contributed by atoms with Gasteiger partial charge in [-0.3, -0.25) is 9.59 Å². The monoisotopic (exact) mass is 281 g/mol. The van der Waals surface area contributed by atoms with Crippen LogP contribution in [0.3, 0.4) is 0 Å². The lowest BCUT2D eigenvalue weighted by Crippen LogP contribution is -2.42. The predicted octanol–water partition coefficient (Wildman–Crippen LogP) is -1.14. The van der Waals surface area contributed by atoms with Gasteiger partial charge in [0.05, 0.1) is 12.2 Å². The SMILES string of the molecule is CS(=O)(=O)CCCC(=O)NC(CC(=O)O)C(=O)O. The maximum absolute atomic E-state index is 11.3. The molecule has 9 heteroatoms. The van der Waals surface area contributed by atoms with E-state index >= 15 is 0 Å². The van der Waals surface area contributed by atoms with E-state index in [9.17, 15) is 22.8 Å². The van der Waals surface area contributed by atoms with Crippen LogP contribution in [-0.2, 0) is 24.2 Å². The minimum absolute atomic E-state index is 0.0596. The highest BCUT2D eigenvalue weighted by Gasteiger charge is 2.22. The van der Waals surface area contributed by atoms with Gasteiger partial charge >= 0.3 is 11.9 Å². The quantitative estimate of drug-likeness (QED) is 0.511. The van der Waals surface area contributed by atoms with E-state index in [1.807, 2.05) is 5.32 Å². The van der Waals surface area contributed by atoms with Gasteiger partial charge in [-0.05, 0) is 6.42 Å². The van der Waals surface area contributed by atoms with E-state index < -0.39 is 40.1 Å². The van der Waals surface area contributed by atoms with E-state index in [1.54, 1.807) is 0 Å². The minimum atomic E-state index is -3.17. The van der Waals surface area contributed by atoms with Gasteiger partial charge in [-0.25, -0.2) is 13.2 Å². The van der Waals surface area contributed by atoms with Crippen molar-refractivity contribution in [2.24, 2.45) is 0 Å². The number of hydrogen-bond acceptors (Lipinski definition) is 5. The summed E-state index contributed by atoms with van der Waals surface area (Å²) in [6, 6.07) is -1.51. The van der Waals surface area contributed by atoms with Gasteiger partial charge in [0.2, 0.25) is 5.91 Å². The van der Waals surface area contributed by atoms with Gasteiger partial charge in [0.25, 0.3) is 0 Å². The van der Waals surface area contributed by atoms with Gasteiger partial charge in [-0.2, -0.15) is 0 Å². The molecule has 0 saturated heterocycles. The number of nitrogens with one attached hydrogen (secondary N) is 1. The summed E-state index contributed by atoms with van der Waals surface area (Å²) >= 11 is 0. The molecule has 0 aromatic rings. The topological polar surface area (TPSA) is 138 Å². The average molecular weight is 281 g/mol. The van der Waals surface area contributed by atoms with Crippen LogP contribution >= 0.6 is 0 Å². The van der Waals surface area contributed by atoms with Gasteiger partial charge in [0.1, 0.15) is 15.9 Å².